The third-order valence-electron chi connectivity index (χ3n) is 5.67. The maximum Gasteiger partial charge on any atom is 0.405 e. The highest BCUT2D eigenvalue weighted by molar-refractivity contribution is 6.02. The first-order valence-corrected chi connectivity index (χ1v) is 10.0. The topological polar surface area (TPSA) is 123 Å². The third kappa shape index (κ3) is 3.18. The molecule has 1 aliphatic rings. The van der Waals surface area contributed by atoms with E-state index in [2.05, 4.69) is 20.4 Å². The molecule has 0 atom stereocenters. The summed E-state index contributed by atoms with van der Waals surface area (Å²) in [6.45, 7) is 1.07. The Hall–Kier alpha value is -4.15. The molecule has 164 valence electrons. The van der Waals surface area contributed by atoms with Crippen LogP contribution in [0.4, 0.5) is 10.6 Å². The summed E-state index contributed by atoms with van der Waals surface area (Å²) in [5, 5.41) is 21.5. The summed E-state index contributed by atoms with van der Waals surface area (Å²) in [7, 11) is 5.37. The van der Waals surface area contributed by atoms with E-state index in [0.29, 0.717) is 18.7 Å². The van der Waals surface area contributed by atoms with Gasteiger partial charge in [-0.3, -0.25) is 4.68 Å². The van der Waals surface area contributed by atoms with Crippen LogP contribution < -0.4 is 15.0 Å². The van der Waals surface area contributed by atoms with Crippen molar-refractivity contribution in [3.63, 3.8) is 0 Å². The number of methoxy groups -OCH3 is 1. The number of amides is 1. The minimum Gasteiger partial charge on any atom is -0.497 e. The Balaban J connectivity index is 1.61. The van der Waals surface area contributed by atoms with Crippen LogP contribution in [0.15, 0.2) is 36.8 Å². The van der Waals surface area contributed by atoms with Crippen molar-refractivity contribution < 1.29 is 14.6 Å². The molecule has 0 saturated carbocycles. The van der Waals surface area contributed by atoms with Gasteiger partial charge in [-0.15, -0.1) is 0 Å². The van der Waals surface area contributed by atoms with Crippen LogP contribution >= 0.6 is 0 Å². The molecule has 4 aromatic rings. The van der Waals surface area contributed by atoms with E-state index < -0.39 is 6.09 Å². The SMILES string of the molecule is COc1ccc(-c2c(-c3nn(C)c4ncnc(N5CC(NC(=O)O)C5)c34)cnn2C)cc1. The Morgan fingerprint density at radius 3 is 2.59 bits per heavy atom. The second-order valence-electron chi connectivity index (χ2n) is 7.68. The van der Waals surface area contributed by atoms with E-state index >= 15 is 0 Å². The maximum absolute atomic E-state index is 10.9. The quantitative estimate of drug-likeness (QED) is 0.488. The van der Waals surface area contributed by atoms with Crippen LogP contribution in [-0.2, 0) is 14.1 Å². The first kappa shape index (κ1) is 19.8. The van der Waals surface area contributed by atoms with E-state index in [9.17, 15) is 4.79 Å². The van der Waals surface area contributed by atoms with Gasteiger partial charge >= 0.3 is 6.09 Å². The number of fused-ring (bicyclic) bond motifs is 1. The molecule has 32 heavy (non-hydrogen) atoms. The van der Waals surface area contributed by atoms with Gasteiger partial charge in [0, 0.05) is 38.3 Å². The Morgan fingerprint density at radius 1 is 1.16 bits per heavy atom. The molecule has 0 unspecified atom stereocenters. The predicted molar refractivity (Wildman–Crippen MR) is 118 cm³/mol. The third-order valence-corrected chi connectivity index (χ3v) is 5.67. The van der Waals surface area contributed by atoms with Gasteiger partial charge in [0.2, 0.25) is 0 Å². The molecule has 0 aliphatic carbocycles. The second kappa shape index (κ2) is 7.52. The molecular formula is C21H22N8O3. The molecule has 1 amide bonds. The fourth-order valence-corrected chi connectivity index (χ4v) is 4.12. The van der Waals surface area contributed by atoms with Crippen molar-refractivity contribution in [3.05, 3.63) is 36.8 Å². The van der Waals surface area contributed by atoms with Gasteiger partial charge in [0.15, 0.2) is 5.65 Å². The fourth-order valence-electron chi connectivity index (χ4n) is 4.12. The van der Waals surface area contributed by atoms with E-state index in [0.717, 1.165) is 39.5 Å². The van der Waals surface area contributed by atoms with Crippen molar-refractivity contribution in [2.75, 3.05) is 25.1 Å². The minimum absolute atomic E-state index is 0.133. The molecule has 1 saturated heterocycles. The lowest BCUT2D eigenvalue weighted by Gasteiger charge is -2.39. The molecule has 0 bridgehead atoms. The summed E-state index contributed by atoms with van der Waals surface area (Å²) in [4.78, 5) is 21.9. The summed E-state index contributed by atoms with van der Waals surface area (Å²) in [5.74, 6) is 1.50. The predicted octanol–water partition coefficient (Wildman–Crippen LogP) is 1.90. The molecule has 3 aromatic heterocycles. The van der Waals surface area contributed by atoms with E-state index in [-0.39, 0.29) is 6.04 Å². The van der Waals surface area contributed by atoms with E-state index in [4.69, 9.17) is 14.9 Å². The first-order valence-electron chi connectivity index (χ1n) is 10.0. The molecule has 1 fully saturated rings. The fraction of sp³-hybridized carbons (Fsp3) is 0.286. The van der Waals surface area contributed by atoms with Crippen LogP contribution in [0.3, 0.4) is 0 Å². The number of nitrogens with zero attached hydrogens (tertiary/aromatic N) is 7. The van der Waals surface area contributed by atoms with Crippen molar-refractivity contribution in [1.82, 2.24) is 34.8 Å². The van der Waals surface area contributed by atoms with E-state index in [1.165, 1.54) is 6.33 Å². The average Bonchev–Trinajstić information content (AvgIpc) is 3.30. The summed E-state index contributed by atoms with van der Waals surface area (Å²) in [5.41, 5.74) is 4.18. The smallest absolute Gasteiger partial charge is 0.405 e. The molecule has 1 aromatic carbocycles. The van der Waals surface area contributed by atoms with Crippen LogP contribution in [0.1, 0.15) is 0 Å². The number of nitrogens with one attached hydrogen (secondary N) is 1. The zero-order valence-electron chi connectivity index (χ0n) is 17.8. The van der Waals surface area contributed by atoms with E-state index in [1.807, 2.05) is 47.9 Å². The molecule has 0 radical (unpaired) electrons. The molecule has 2 N–H and O–H groups in total. The molecule has 4 heterocycles. The van der Waals surface area contributed by atoms with Crippen LogP contribution in [0.25, 0.3) is 33.5 Å². The van der Waals surface area contributed by atoms with Crippen LogP contribution in [-0.4, -0.2) is 67.0 Å². The molecular weight excluding hydrogens is 412 g/mol. The summed E-state index contributed by atoms with van der Waals surface area (Å²) < 4.78 is 8.83. The number of hydrogen-bond acceptors (Lipinski definition) is 7. The summed E-state index contributed by atoms with van der Waals surface area (Å²) in [6.07, 6.45) is 2.28. The van der Waals surface area contributed by atoms with Crippen molar-refractivity contribution in [2.24, 2.45) is 14.1 Å². The standard InChI is InChI=1S/C21H22N8O3/c1-27-18(12-4-6-14(32-3)7-5-12)15(8-24-27)17-16-19(28(2)26-17)22-11-23-20(16)29-9-13(10-29)25-21(30)31/h4-8,11,13,25H,9-10H2,1-3H3,(H,30,31). The minimum atomic E-state index is -1.02. The van der Waals surface area contributed by atoms with Crippen molar-refractivity contribution in [2.45, 2.75) is 6.04 Å². The highest BCUT2D eigenvalue weighted by Gasteiger charge is 2.32. The normalized spacial score (nSPS) is 13.9. The zero-order chi connectivity index (χ0) is 22.4. The van der Waals surface area contributed by atoms with Gasteiger partial charge in [0.25, 0.3) is 0 Å². The van der Waals surface area contributed by atoms with Crippen molar-refractivity contribution in [1.29, 1.82) is 0 Å². The summed E-state index contributed by atoms with van der Waals surface area (Å²) in [6, 6.07) is 7.66. The molecule has 5 rings (SSSR count). The molecule has 0 spiro atoms. The summed E-state index contributed by atoms with van der Waals surface area (Å²) >= 11 is 0. The molecule has 11 heteroatoms. The van der Waals surface area contributed by atoms with Crippen molar-refractivity contribution >= 4 is 22.9 Å². The maximum atomic E-state index is 10.9. The highest BCUT2D eigenvalue weighted by atomic mass is 16.5. The Bertz CT molecular complexity index is 1300. The number of hydrogen-bond donors (Lipinski definition) is 2. The van der Waals surface area contributed by atoms with Gasteiger partial charge in [-0.05, 0) is 24.3 Å². The average molecular weight is 434 g/mol. The number of carbonyl (C=O) groups is 1. The first-order chi connectivity index (χ1) is 15.5. The number of aryl methyl sites for hydroxylation is 2. The lowest BCUT2D eigenvalue weighted by molar-refractivity contribution is 0.187. The van der Waals surface area contributed by atoms with Crippen LogP contribution in [0.2, 0.25) is 0 Å². The van der Waals surface area contributed by atoms with Gasteiger partial charge < -0.3 is 20.1 Å². The van der Waals surface area contributed by atoms with Gasteiger partial charge in [-0.1, -0.05) is 0 Å². The lowest BCUT2D eigenvalue weighted by atomic mass is 10.0. The van der Waals surface area contributed by atoms with Gasteiger partial charge in [0.1, 0.15) is 23.6 Å². The second-order valence-corrected chi connectivity index (χ2v) is 7.68. The molecule has 11 nitrogen and oxygen atoms in total. The Labute approximate surface area is 183 Å². The van der Waals surface area contributed by atoms with Gasteiger partial charge in [-0.2, -0.15) is 10.2 Å². The van der Waals surface area contributed by atoms with Crippen LogP contribution in [0, 0.1) is 0 Å². The van der Waals surface area contributed by atoms with Gasteiger partial charge in [0.05, 0.1) is 30.4 Å². The van der Waals surface area contributed by atoms with E-state index in [1.54, 1.807) is 18.0 Å². The lowest BCUT2D eigenvalue weighted by Crippen LogP contribution is -2.59. The monoisotopic (exact) mass is 434 g/mol. The highest BCUT2D eigenvalue weighted by Crippen LogP contribution is 2.39. The number of rotatable bonds is 5. The number of benzene rings is 1. The number of carboxylic acid groups (broad SMARTS) is 1. The number of anilines is 1. The molecule has 1 aliphatic heterocycles. The van der Waals surface area contributed by atoms with Crippen molar-refractivity contribution in [3.8, 4) is 28.3 Å². The van der Waals surface area contributed by atoms with Gasteiger partial charge in [-0.25, -0.2) is 19.4 Å². The number of ether oxygens (including phenoxy) is 1. The zero-order valence-corrected chi connectivity index (χ0v) is 17.8. The Morgan fingerprint density at radius 2 is 1.91 bits per heavy atom. The Kier molecular flexibility index (Phi) is 4.65. The number of aromatic nitrogens is 6. The van der Waals surface area contributed by atoms with Crippen LogP contribution in [0.5, 0.6) is 5.75 Å². The largest absolute Gasteiger partial charge is 0.497 e.